The van der Waals surface area contributed by atoms with E-state index in [0.717, 1.165) is 26.9 Å². The highest BCUT2D eigenvalue weighted by atomic mass is 79.9. The Morgan fingerprint density at radius 2 is 2.12 bits per heavy atom. The van der Waals surface area contributed by atoms with Gasteiger partial charge >= 0.3 is 0 Å². The van der Waals surface area contributed by atoms with Crippen LogP contribution in [0.1, 0.15) is 5.56 Å². The lowest BCUT2D eigenvalue weighted by molar-refractivity contribution is 0.413. The summed E-state index contributed by atoms with van der Waals surface area (Å²) in [7, 11) is 1.61. The lowest BCUT2D eigenvalue weighted by atomic mass is 10.0. The number of halogens is 1. The number of nitrogens with two attached hydrogens (primary N) is 1. The predicted molar refractivity (Wildman–Crippen MR) is 65.3 cm³/mol. The zero-order chi connectivity index (χ0) is 11.7. The van der Waals surface area contributed by atoms with Crippen LogP contribution in [0.5, 0.6) is 5.75 Å². The van der Waals surface area contributed by atoms with Crippen LogP contribution in [0, 0.1) is 6.92 Å². The van der Waals surface area contributed by atoms with Gasteiger partial charge in [0.25, 0.3) is 0 Å². The Morgan fingerprint density at radius 1 is 1.38 bits per heavy atom. The number of benzene rings is 1. The molecule has 1 aromatic heterocycles. The van der Waals surface area contributed by atoms with E-state index in [9.17, 15) is 0 Å². The molecule has 1 aromatic carbocycles. The van der Waals surface area contributed by atoms with E-state index in [1.54, 1.807) is 13.3 Å². The minimum absolute atomic E-state index is 0.288. The molecule has 4 nitrogen and oxygen atoms in total. The van der Waals surface area contributed by atoms with Gasteiger partial charge in [0, 0.05) is 5.56 Å². The van der Waals surface area contributed by atoms with Gasteiger partial charge in [0.05, 0.1) is 23.3 Å². The van der Waals surface area contributed by atoms with E-state index < -0.39 is 0 Å². The third kappa shape index (κ3) is 1.78. The maximum absolute atomic E-state index is 5.70. The summed E-state index contributed by atoms with van der Waals surface area (Å²) in [5, 5.41) is 3.66. The summed E-state index contributed by atoms with van der Waals surface area (Å²) in [4.78, 5) is 0. The van der Waals surface area contributed by atoms with Crippen molar-refractivity contribution in [2.75, 3.05) is 12.8 Å². The fourth-order valence-corrected chi connectivity index (χ4v) is 2.32. The number of rotatable bonds is 2. The van der Waals surface area contributed by atoms with Crippen LogP contribution in [0.4, 0.5) is 5.88 Å². The molecule has 2 aromatic rings. The molecular formula is C11H11BrN2O2. The smallest absolute Gasteiger partial charge is 0.230 e. The molecule has 0 unspecified atom stereocenters. The van der Waals surface area contributed by atoms with Crippen molar-refractivity contribution in [1.29, 1.82) is 0 Å². The van der Waals surface area contributed by atoms with Gasteiger partial charge < -0.3 is 15.0 Å². The average Bonchev–Trinajstić information content (AvgIpc) is 2.63. The first-order valence-electron chi connectivity index (χ1n) is 4.68. The summed E-state index contributed by atoms with van der Waals surface area (Å²) in [6.45, 7) is 2.00. The third-order valence-corrected chi connectivity index (χ3v) is 2.87. The van der Waals surface area contributed by atoms with E-state index in [1.807, 2.05) is 19.1 Å². The van der Waals surface area contributed by atoms with Crippen molar-refractivity contribution in [3.63, 3.8) is 0 Å². The number of hydrogen-bond acceptors (Lipinski definition) is 4. The van der Waals surface area contributed by atoms with E-state index in [0.29, 0.717) is 0 Å². The number of aromatic nitrogens is 1. The Kier molecular flexibility index (Phi) is 2.87. The quantitative estimate of drug-likeness (QED) is 0.920. The standard InChI is InChI=1S/C11H11BrN2O2/c1-6-3-7(8-5-14-16-11(8)13)10(15-2)9(12)4-6/h3-5H,13H2,1-2H3. The monoisotopic (exact) mass is 282 g/mol. The predicted octanol–water partition coefficient (Wildman–Crippen LogP) is 3.00. The third-order valence-electron chi connectivity index (χ3n) is 2.28. The zero-order valence-corrected chi connectivity index (χ0v) is 10.5. The fraction of sp³-hybridized carbons (Fsp3) is 0.182. The molecule has 2 N–H and O–H groups in total. The van der Waals surface area contributed by atoms with Crippen LogP contribution in [-0.4, -0.2) is 12.3 Å². The van der Waals surface area contributed by atoms with E-state index >= 15 is 0 Å². The number of aryl methyl sites for hydroxylation is 1. The number of anilines is 1. The first kappa shape index (κ1) is 11.0. The molecule has 0 bridgehead atoms. The van der Waals surface area contributed by atoms with Crippen LogP contribution in [0.15, 0.2) is 27.3 Å². The van der Waals surface area contributed by atoms with Gasteiger partial charge in [0.15, 0.2) is 0 Å². The molecule has 0 saturated carbocycles. The van der Waals surface area contributed by atoms with Gasteiger partial charge in [-0.3, -0.25) is 0 Å². The van der Waals surface area contributed by atoms with Crippen molar-refractivity contribution in [2.45, 2.75) is 6.92 Å². The van der Waals surface area contributed by atoms with Crippen LogP contribution in [0.25, 0.3) is 11.1 Å². The van der Waals surface area contributed by atoms with Crippen molar-refractivity contribution in [2.24, 2.45) is 0 Å². The van der Waals surface area contributed by atoms with Crippen LogP contribution < -0.4 is 10.5 Å². The first-order chi connectivity index (χ1) is 7.63. The minimum atomic E-state index is 0.288. The van der Waals surface area contributed by atoms with Crippen molar-refractivity contribution in [1.82, 2.24) is 5.16 Å². The first-order valence-corrected chi connectivity index (χ1v) is 5.47. The Bertz CT molecular complexity index is 523. The Hall–Kier alpha value is -1.49. The van der Waals surface area contributed by atoms with Gasteiger partial charge in [-0.05, 0) is 40.5 Å². The van der Waals surface area contributed by atoms with Crippen molar-refractivity contribution in [3.05, 3.63) is 28.4 Å². The summed E-state index contributed by atoms with van der Waals surface area (Å²) >= 11 is 3.45. The van der Waals surface area contributed by atoms with Crippen LogP contribution in [-0.2, 0) is 0 Å². The molecule has 0 saturated heterocycles. The molecule has 1 heterocycles. The SMILES string of the molecule is COc1c(Br)cc(C)cc1-c1cnoc1N. The largest absolute Gasteiger partial charge is 0.495 e. The van der Waals surface area contributed by atoms with Crippen molar-refractivity contribution >= 4 is 21.8 Å². The van der Waals surface area contributed by atoms with E-state index in [1.165, 1.54) is 0 Å². The van der Waals surface area contributed by atoms with Crippen molar-refractivity contribution < 1.29 is 9.26 Å². The molecular weight excluding hydrogens is 272 g/mol. The summed E-state index contributed by atoms with van der Waals surface area (Å²) < 4.78 is 11.1. The van der Waals surface area contributed by atoms with Crippen LogP contribution >= 0.6 is 15.9 Å². The Balaban J connectivity index is 2.68. The van der Waals surface area contributed by atoms with Gasteiger partial charge in [-0.1, -0.05) is 5.16 Å². The van der Waals surface area contributed by atoms with Crippen LogP contribution in [0.3, 0.4) is 0 Å². The maximum atomic E-state index is 5.70. The van der Waals surface area contributed by atoms with Gasteiger partial charge in [-0.25, -0.2) is 0 Å². The van der Waals surface area contributed by atoms with E-state index in [2.05, 4.69) is 21.1 Å². The fourth-order valence-electron chi connectivity index (χ4n) is 1.59. The Labute approximate surface area is 102 Å². The number of ether oxygens (including phenoxy) is 1. The summed E-state index contributed by atoms with van der Waals surface area (Å²) in [5.41, 5.74) is 8.40. The number of nitrogen functional groups attached to an aromatic ring is 1. The van der Waals surface area contributed by atoms with Gasteiger partial charge in [-0.15, -0.1) is 0 Å². The lowest BCUT2D eigenvalue weighted by Crippen LogP contribution is -1.92. The summed E-state index contributed by atoms with van der Waals surface area (Å²) in [6, 6.07) is 3.96. The number of hydrogen-bond donors (Lipinski definition) is 1. The second-order valence-corrected chi connectivity index (χ2v) is 4.29. The van der Waals surface area contributed by atoms with Crippen molar-refractivity contribution in [3.8, 4) is 16.9 Å². The second kappa shape index (κ2) is 4.17. The van der Waals surface area contributed by atoms with Gasteiger partial charge in [0.2, 0.25) is 5.88 Å². The normalized spacial score (nSPS) is 10.4. The topological polar surface area (TPSA) is 61.3 Å². The number of nitrogens with zero attached hydrogens (tertiary/aromatic N) is 1. The molecule has 0 atom stereocenters. The van der Waals surface area contributed by atoms with E-state index in [4.69, 9.17) is 15.0 Å². The van der Waals surface area contributed by atoms with Crippen LogP contribution in [0.2, 0.25) is 0 Å². The maximum Gasteiger partial charge on any atom is 0.230 e. The highest BCUT2D eigenvalue weighted by Crippen LogP contribution is 2.39. The van der Waals surface area contributed by atoms with Gasteiger partial charge in [-0.2, -0.15) is 0 Å². The molecule has 84 valence electrons. The molecule has 0 spiro atoms. The number of methoxy groups -OCH3 is 1. The molecule has 0 aliphatic carbocycles. The minimum Gasteiger partial charge on any atom is -0.495 e. The molecule has 16 heavy (non-hydrogen) atoms. The zero-order valence-electron chi connectivity index (χ0n) is 8.95. The molecule has 2 rings (SSSR count). The average molecular weight is 283 g/mol. The molecule has 0 fully saturated rings. The van der Waals surface area contributed by atoms with E-state index in [-0.39, 0.29) is 5.88 Å². The Morgan fingerprint density at radius 3 is 2.69 bits per heavy atom. The molecule has 0 aliphatic rings. The molecule has 5 heteroatoms. The van der Waals surface area contributed by atoms with Gasteiger partial charge in [0.1, 0.15) is 5.75 Å². The lowest BCUT2D eigenvalue weighted by Gasteiger charge is -2.10. The highest BCUT2D eigenvalue weighted by molar-refractivity contribution is 9.10. The summed E-state index contributed by atoms with van der Waals surface area (Å²) in [6.07, 6.45) is 1.58. The molecule has 0 aliphatic heterocycles. The highest BCUT2D eigenvalue weighted by Gasteiger charge is 2.15. The molecule has 0 amide bonds. The second-order valence-electron chi connectivity index (χ2n) is 3.43. The molecule has 0 radical (unpaired) electrons. The summed E-state index contributed by atoms with van der Waals surface area (Å²) in [5.74, 6) is 1.01.